The molecule has 2 nitrogen and oxygen atoms in total. The summed E-state index contributed by atoms with van der Waals surface area (Å²) >= 11 is 0. The maximum absolute atomic E-state index is 3.69. The van der Waals surface area contributed by atoms with E-state index in [1.807, 2.05) is 0 Å². The summed E-state index contributed by atoms with van der Waals surface area (Å²) in [4.78, 5) is 0. The second-order valence-corrected chi connectivity index (χ2v) is 5.17. The van der Waals surface area contributed by atoms with Crippen molar-refractivity contribution in [1.82, 2.24) is 5.32 Å². The molecular weight excluding hydrogens is 196 g/mol. The molecule has 1 heterocycles. The molecule has 2 heteroatoms. The van der Waals surface area contributed by atoms with E-state index in [1.54, 1.807) is 0 Å². The van der Waals surface area contributed by atoms with Crippen molar-refractivity contribution in [3.05, 3.63) is 29.3 Å². The average molecular weight is 216 g/mol. The van der Waals surface area contributed by atoms with E-state index in [2.05, 4.69) is 35.8 Å². The van der Waals surface area contributed by atoms with Gasteiger partial charge in [0.25, 0.3) is 0 Å². The summed E-state index contributed by atoms with van der Waals surface area (Å²) in [6.07, 6.45) is 5.24. The van der Waals surface area contributed by atoms with E-state index < -0.39 is 0 Å². The Morgan fingerprint density at radius 2 is 2.19 bits per heavy atom. The van der Waals surface area contributed by atoms with Gasteiger partial charge in [-0.2, -0.15) is 0 Å². The molecule has 0 radical (unpaired) electrons. The largest absolute Gasteiger partial charge is 0.381 e. The van der Waals surface area contributed by atoms with E-state index in [0.717, 1.165) is 12.6 Å². The topological polar surface area (TPSA) is 24.1 Å². The van der Waals surface area contributed by atoms with E-state index in [9.17, 15) is 0 Å². The summed E-state index contributed by atoms with van der Waals surface area (Å²) in [6.45, 7) is 3.32. The minimum atomic E-state index is 0.620. The molecule has 1 unspecified atom stereocenters. The van der Waals surface area contributed by atoms with Crippen molar-refractivity contribution in [2.45, 2.75) is 44.7 Å². The van der Waals surface area contributed by atoms with Gasteiger partial charge in [-0.1, -0.05) is 18.2 Å². The molecule has 1 fully saturated rings. The van der Waals surface area contributed by atoms with Gasteiger partial charge in [-0.15, -0.1) is 0 Å². The van der Waals surface area contributed by atoms with Crippen LogP contribution in [0.1, 0.15) is 30.4 Å². The molecule has 16 heavy (non-hydrogen) atoms. The van der Waals surface area contributed by atoms with Crippen LogP contribution >= 0.6 is 0 Å². The molecule has 0 aromatic heterocycles. The van der Waals surface area contributed by atoms with E-state index in [-0.39, 0.29) is 0 Å². The maximum atomic E-state index is 3.69. The molecule has 1 aromatic rings. The number of para-hydroxylation sites is 1. The molecule has 86 valence electrons. The second kappa shape index (κ2) is 4.10. The van der Waals surface area contributed by atoms with E-state index in [1.165, 1.54) is 42.5 Å². The SMILES string of the molecule is Cc1cccc2c1NC(CNC1CC1)CC2. The molecule has 1 aliphatic heterocycles. The summed E-state index contributed by atoms with van der Waals surface area (Å²) in [5, 5.41) is 7.30. The first-order valence-corrected chi connectivity index (χ1v) is 6.41. The fourth-order valence-corrected chi connectivity index (χ4v) is 2.50. The fourth-order valence-electron chi connectivity index (χ4n) is 2.50. The lowest BCUT2D eigenvalue weighted by Crippen LogP contribution is -2.37. The third-order valence-corrected chi connectivity index (χ3v) is 3.70. The fraction of sp³-hybridized carbons (Fsp3) is 0.571. The molecule has 0 saturated heterocycles. The van der Waals surface area contributed by atoms with Crippen molar-refractivity contribution >= 4 is 5.69 Å². The number of anilines is 1. The molecule has 0 bridgehead atoms. The molecule has 1 aliphatic carbocycles. The Balaban J connectivity index is 1.67. The Labute approximate surface area is 97.4 Å². The van der Waals surface area contributed by atoms with Crippen molar-refractivity contribution in [2.24, 2.45) is 0 Å². The third kappa shape index (κ3) is 2.07. The predicted octanol–water partition coefficient (Wildman–Crippen LogP) is 2.47. The highest BCUT2D eigenvalue weighted by atomic mass is 15.0. The van der Waals surface area contributed by atoms with Crippen molar-refractivity contribution in [2.75, 3.05) is 11.9 Å². The molecule has 0 amide bonds. The molecule has 2 aliphatic rings. The van der Waals surface area contributed by atoms with Gasteiger partial charge in [-0.25, -0.2) is 0 Å². The summed E-state index contributed by atoms with van der Waals surface area (Å²) < 4.78 is 0. The van der Waals surface area contributed by atoms with Crippen LogP contribution in [0.15, 0.2) is 18.2 Å². The van der Waals surface area contributed by atoms with Crippen molar-refractivity contribution in [3.8, 4) is 0 Å². The highest BCUT2D eigenvalue weighted by Crippen LogP contribution is 2.28. The Morgan fingerprint density at radius 3 is 3.00 bits per heavy atom. The van der Waals surface area contributed by atoms with Crippen LogP contribution in [0, 0.1) is 6.92 Å². The average Bonchev–Trinajstić information content (AvgIpc) is 3.11. The van der Waals surface area contributed by atoms with Crippen LogP contribution in [-0.4, -0.2) is 18.6 Å². The van der Waals surface area contributed by atoms with Gasteiger partial charge < -0.3 is 10.6 Å². The third-order valence-electron chi connectivity index (χ3n) is 3.70. The minimum Gasteiger partial charge on any atom is -0.381 e. The van der Waals surface area contributed by atoms with Crippen molar-refractivity contribution in [3.63, 3.8) is 0 Å². The van der Waals surface area contributed by atoms with E-state index in [0.29, 0.717) is 6.04 Å². The van der Waals surface area contributed by atoms with Gasteiger partial charge in [0.1, 0.15) is 0 Å². The quantitative estimate of drug-likeness (QED) is 0.811. The lowest BCUT2D eigenvalue weighted by Gasteiger charge is -2.28. The summed E-state index contributed by atoms with van der Waals surface area (Å²) in [7, 11) is 0. The number of benzene rings is 1. The molecule has 1 saturated carbocycles. The van der Waals surface area contributed by atoms with Gasteiger partial charge in [0.2, 0.25) is 0 Å². The number of hydrogen-bond acceptors (Lipinski definition) is 2. The van der Waals surface area contributed by atoms with Crippen LogP contribution in [0.3, 0.4) is 0 Å². The number of rotatable bonds is 3. The van der Waals surface area contributed by atoms with Gasteiger partial charge in [0.05, 0.1) is 0 Å². The van der Waals surface area contributed by atoms with Crippen LogP contribution in [0.2, 0.25) is 0 Å². The number of fused-ring (bicyclic) bond motifs is 1. The lowest BCUT2D eigenvalue weighted by atomic mass is 9.95. The second-order valence-electron chi connectivity index (χ2n) is 5.17. The highest BCUT2D eigenvalue weighted by molar-refractivity contribution is 5.59. The summed E-state index contributed by atoms with van der Waals surface area (Å²) in [5.41, 5.74) is 4.26. The Kier molecular flexibility index (Phi) is 2.60. The number of hydrogen-bond donors (Lipinski definition) is 2. The normalized spacial score (nSPS) is 23.7. The lowest BCUT2D eigenvalue weighted by molar-refractivity contribution is 0.556. The first-order valence-electron chi connectivity index (χ1n) is 6.41. The van der Waals surface area contributed by atoms with Crippen LogP contribution in [-0.2, 0) is 6.42 Å². The predicted molar refractivity (Wildman–Crippen MR) is 67.9 cm³/mol. The molecule has 2 N–H and O–H groups in total. The standard InChI is InChI=1S/C14H20N2/c1-10-3-2-4-11-5-6-13(16-14(10)11)9-15-12-7-8-12/h2-4,12-13,15-16H,5-9H2,1H3. The molecular formula is C14H20N2. The maximum Gasteiger partial charge on any atom is 0.0405 e. The van der Waals surface area contributed by atoms with Gasteiger partial charge in [0.15, 0.2) is 0 Å². The molecule has 1 aromatic carbocycles. The Hall–Kier alpha value is -1.02. The van der Waals surface area contributed by atoms with Crippen LogP contribution in [0.25, 0.3) is 0 Å². The smallest absolute Gasteiger partial charge is 0.0405 e. The van der Waals surface area contributed by atoms with Gasteiger partial charge >= 0.3 is 0 Å². The Bertz CT molecular complexity index is 382. The summed E-state index contributed by atoms with van der Waals surface area (Å²) in [5.74, 6) is 0. The van der Waals surface area contributed by atoms with Crippen molar-refractivity contribution in [1.29, 1.82) is 0 Å². The zero-order valence-corrected chi connectivity index (χ0v) is 9.92. The first kappa shape index (κ1) is 10.2. The van der Waals surface area contributed by atoms with Crippen LogP contribution in [0.5, 0.6) is 0 Å². The zero-order valence-electron chi connectivity index (χ0n) is 9.92. The van der Waals surface area contributed by atoms with E-state index in [4.69, 9.17) is 0 Å². The minimum absolute atomic E-state index is 0.620. The summed E-state index contributed by atoms with van der Waals surface area (Å²) in [6, 6.07) is 8.05. The van der Waals surface area contributed by atoms with Gasteiger partial charge in [0, 0.05) is 24.3 Å². The Morgan fingerprint density at radius 1 is 1.31 bits per heavy atom. The molecule has 3 rings (SSSR count). The molecule has 0 spiro atoms. The van der Waals surface area contributed by atoms with Crippen LogP contribution < -0.4 is 10.6 Å². The highest BCUT2D eigenvalue weighted by Gasteiger charge is 2.24. The van der Waals surface area contributed by atoms with Gasteiger partial charge in [-0.3, -0.25) is 0 Å². The van der Waals surface area contributed by atoms with E-state index >= 15 is 0 Å². The number of nitrogens with one attached hydrogen (secondary N) is 2. The first-order chi connectivity index (χ1) is 7.83. The van der Waals surface area contributed by atoms with Gasteiger partial charge in [-0.05, 0) is 43.7 Å². The zero-order chi connectivity index (χ0) is 11.0. The van der Waals surface area contributed by atoms with Crippen molar-refractivity contribution < 1.29 is 0 Å². The molecule has 1 atom stereocenters. The van der Waals surface area contributed by atoms with Crippen LogP contribution in [0.4, 0.5) is 5.69 Å². The number of aryl methyl sites for hydroxylation is 2. The monoisotopic (exact) mass is 216 g/mol.